The van der Waals surface area contributed by atoms with Crippen LogP contribution in [0.1, 0.15) is 21.6 Å². The molecule has 0 aliphatic carbocycles. The lowest BCUT2D eigenvalue weighted by molar-refractivity contribution is 0.102. The summed E-state index contributed by atoms with van der Waals surface area (Å²) in [6, 6.07) is 9.06. The van der Waals surface area contributed by atoms with Crippen LogP contribution in [-0.4, -0.2) is 10.9 Å². The molecule has 0 fully saturated rings. The van der Waals surface area contributed by atoms with Gasteiger partial charge in [0.25, 0.3) is 5.91 Å². The molecule has 4 nitrogen and oxygen atoms in total. The lowest BCUT2D eigenvalue weighted by Gasteiger charge is -2.09. The Hall–Kier alpha value is -2.36. The van der Waals surface area contributed by atoms with Gasteiger partial charge in [0.2, 0.25) is 0 Å². The number of aromatic nitrogens is 1. The molecule has 0 unspecified atom stereocenters. The van der Waals surface area contributed by atoms with Crippen LogP contribution in [-0.2, 0) is 0 Å². The fraction of sp³-hybridized carbons (Fsp3) is 0.143. The maximum atomic E-state index is 12.0. The Balaban J connectivity index is 2.21. The van der Waals surface area contributed by atoms with E-state index in [0.29, 0.717) is 16.9 Å². The number of amides is 1. The maximum Gasteiger partial charge on any atom is 0.257 e. The molecule has 0 atom stereocenters. The van der Waals surface area contributed by atoms with E-state index in [0.717, 1.165) is 11.3 Å². The van der Waals surface area contributed by atoms with E-state index in [1.807, 2.05) is 26.0 Å². The predicted octanol–water partition coefficient (Wildman–Crippen LogP) is 2.53. The Morgan fingerprint density at radius 2 is 2.00 bits per heavy atom. The smallest absolute Gasteiger partial charge is 0.257 e. The summed E-state index contributed by atoms with van der Waals surface area (Å²) in [4.78, 5) is 16.1. The second kappa shape index (κ2) is 4.87. The third-order valence-electron chi connectivity index (χ3n) is 2.63. The zero-order valence-corrected chi connectivity index (χ0v) is 10.4. The average molecular weight is 241 g/mol. The summed E-state index contributed by atoms with van der Waals surface area (Å²) in [5, 5.41) is 2.78. The van der Waals surface area contributed by atoms with Gasteiger partial charge in [-0.15, -0.1) is 0 Å². The first-order chi connectivity index (χ1) is 8.56. The highest BCUT2D eigenvalue weighted by Crippen LogP contribution is 2.20. The summed E-state index contributed by atoms with van der Waals surface area (Å²) >= 11 is 0. The van der Waals surface area contributed by atoms with E-state index >= 15 is 0 Å². The van der Waals surface area contributed by atoms with Gasteiger partial charge in [0.05, 0.1) is 16.9 Å². The monoisotopic (exact) mass is 241 g/mol. The summed E-state index contributed by atoms with van der Waals surface area (Å²) in [6.45, 7) is 3.82. The highest BCUT2D eigenvalue weighted by molar-refractivity contribution is 6.05. The van der Waals surface area contributed by atoms with Gasteiger partial charge in [-0.3, -0.25) is 9.78 Å². The fourth-order valence-corrected chi connectivity index (χ4v) is 1.57. The normalized spacial score (nSPS) is 10.1. The molecular weight excluding hydrogens is 226 g/mol. The number of hydrogen-bond acceptors (Lipinski definition) is 3. The third kappa shape index (κ3) is 2.66. The Morgan fingerprint density at radius 3 is 2.67 bits per heavy atom. The van der Waals surface area contributed by atoms with Crippen LogP contribution in [0.2, 0.25) is 0 Å². The van der Waals surface area contributed by atoms with Crippen molar-refractivity contribution in [3.05, 3.63) is 53.3 Å². The molecule has 0 saturated carbocycles. The Kier molecular flexibility index (Phi) is 3.28. The number of aryl methyl sites for hydroxylation is 2. The average Bonchev–Trinajstić information content (AvgIpc) is 2.34. The van der Waals surface area contributed by atoms with Gasteiger partial charge in [-0.2, -0.15) is 0 Å². The number of rotatable bonds is 2. The van der Waals surface area contributed by atoms with E-state index in [-0.39, 0.29) is 5.91 Å². The SMILES string of the molecule is Cc1ccc(N)c(NC(=O)c2ccc(C)nc2)c1. The molecule has 18 heavy (non-hydrogen) atoms. The van der Waals surface area contributed by atoms with Crippen LogP contribution in [0.25, 0.3) is 0 Å². The molecule has 2 aromatic rings. The summed E-state index contributed by atoms with van der Waals surface area (Å²) in [5.41, 5.74) is 9.42. The van der Waals surface area contributed by atoms with Gasteiger partial charge < -0.3 is 11.1 Å². The van der Waals surface area contributed by atoms with Crippen LogP contribution in [0.5, 0.6) is 0 Å². The Bertz CT molecular complexity index is 576. The summed E-state index contributed by atoms with van der Waals surface area (Å²) in [6.07, 6.45) is 1.55. The second-order valence-corrected chi connectivity index (χ2v) is 4.23. The first-order valence-corrected chi connectivity index (χ1v) is 5.66. The summed E-state index contributed by atoms with van der Waals surface area (Å²) in [7, 11) is 0. The second-order valence-electron chi connectivity index (χ2n) is 4.23. The molecule has 4 heteroatoms. The van der Waals surface area contributed by atoms with Crippen molar-refractivity contribution in [2.24, 2.45) is 0 Å². The van der Waals surface area contributed by atoms with Crippen molar-refractivity contribution in [2.75, 3.05) is 11.1 Å². The molecule has 0 radical (unpaired) electrons. The van der Waals surface area contributed by atoms with Gasteiger partial charge in [-0.05, 0) is 43.7 Å². The number of nitrogens with one attached hydrogen (secondary N) is 1. The van der Waals surface area contributed by atoms with Gasteiger partial charge in [0, 0.05) is 11.9 Å². The Labute approximate surface area is 106 Å². The van der Waals surface area contributed by atoms with Crippen LogP contribution in [0.4, 0.5) is 11.4 Å². The molecule has 0 saturated heterocycles. The summed E-state index contributed by atoms with van der Waals surface area (Å²) in [5.74, 6) is -0.209. The van der Waals surface area contributed by atoms with Gasteiger partial charge >= 0.3 is 0 Å². The van der Waals surface area contributed by atoms with Gasteiger partial charge in [0.15, 0.2) is 0 Å². The van der Waals surface area contributed by atoms with Crippen molar-refractivity contribution >= 4 is 17.3 Å². The molecule has 92 valence electrons. The summed E-state index contributed by atoms with van der Waals surface area (Å²) < 4.78 is 0. The number of nitrogens with two attached hydrogens (primary N) is 1. The molecule has 0 bridgehead atoms. The predicted molar refractivity (Wildman–Crippen MR) is 72.5 cm³/mol. The zero-order valence-electron chi connectivity index (χ0n) is 10.4. The molecule has 1 aromatic heterocycles. The molecule has 1 heterocycles. The minimum Gasteiger partial charge on any atom is -0.397 e. The first kappa shape index (κ1) is 12.1. The maximum absolute atomic E-state index is 12.0. The highest BCUT2D eigenvalue weighted by atomic mass is 16.1. The largest absolute Gasteiger partial charge is 0.397 e. The number of benzene rings is 1. The Morgan fingerprint density at radius 1 is 1.22 bits per heavy atom. The van der Waals surface area contributed by atoms with Crippen molar-refractivity contribution in [1.29, 1.82) is 0 Å². The number of nitrogen functional groups attached to an aromatic ring is 1. The topological polar surface area (TPSA) is 68.0 Å². The van der Waals surface area contributed by atoms with E-state index in [9.17, 15) is 4.79 Å². The van der Waals surface area contributed by atoms with Gasteiger partial charge in [0.1, 0.15) is 0 Å². The first-order valence-electron chi connectivity index (χ1n) is 5.66. The van der Waals surface area contributed by atoms with E-state index in [4.69, 9.17) is 5.73 Å². The van der Waals surface area contributed by atoms with Crippen LogP contribution >= 0.6 is 0 Å². The number of hydrogen-bond donors (Lipinski definition) is 2. The third-order valence-corrected chi connectivity index (χ3v) is 2.63. The van der Waals surface area contributed by atoms with Crippen molar-refractivity contribution in [3.63, 3.8) is 0 Å². The van der Waals surface area contributed by atoms with E-state index in [1.165, 1.54) is 0 Å². The van der Waals surface area contributed by atoms with Crippen LogP contribution in [0, 0.1) is 13.8 Å². The molecule has 1 aromatic carbocycles. The minimum atomic E-state index is -0.209. The molecule has 2 rings (SSSR count). The molecular formula is C14H15N3O. The minimum absolute atomic E-state index is 0.209. The van der Waals surface area contributed by atoms with E-state index in [1.54, 1.807) is 24.4 Å². The molecule has 0 aliphatic heterocycles. The van der Waals surface area contributed by atoms with Crippen molar-refractivity contribution < 1.29 is 4.79 Å². The molecule has 0 spiro atoms. The molecule has 0 aliphatic rings. The van der Waals surface area contributed by atoms with Gasteiger partial charge in [-0.1, -0.05) is 6.07 Å². The number of carbonyl (C=O) groups is 1. The van der Waals surface area contributed by atoms with Crippen molar-refractivity contribution in [2.45, 2.75) is 13.8 Å². The lowest BCUT2D eigenvalue weighted by atomic mass is 10.2. The van der Waals surface area contributed by atoms with Gasteiger partial charge in [-0.25, -0.2) is 0 Å². The molecule has 3 N–H and O–H groups in total. The molecule has 1 amide bonds. The number of pyridine rings is 1. The van der Waals surface area contributed by atoms with Crippen molar-refractivity contribution in [1.82, 2.24) is 4.98 Å². The van der Waals surface area contributed by atoms with Crippen LogP contribution in [0.3, 0.4) is 0 Å². The number of anilines is 2. The van der Waals surface area contributed by atoms with E-state index in [2.05, 4.69) is 10.3 Å². The number of carbonyl (C=O) groups excluding carboxylic acids is 1. The fourth-order valence-electron chi connectivity index (χ4n) is 1.57. The number of nitrogens with zero attached hydrogens (tertiary/aromatic N) is 1. The van der Waals surface area contributed by atoms with Crippen LogP contribution in [0.15, 0.2) is 36.5 Å². The zero-order chi connectivity index (χ0) is 13.1. The van der Waals surface area contributed by atoms with Crippen molar-refractivity contribution in [3.8, 4) is 0 Å². The highest BCUT2D eigenvalue weighted by Gasteiger charge is 2.08. The standard InChI is InChI=1S/C14H15N3O/c1-9-3-6-12(15)13(7-9)17-14(18)11-5-4-10(2)16-8-11/h3-8H,15H2,1-2H3,(H,17,18). The van der Waals surface area contributed by atoms with E-state index < -0.39 is 0 Å². The lowest BCUT2D eigenvalue weighted by Crippen LogP contribution is -2.13. The quantitative estimate of drug-likeness (QED) is 0.794. The van der Waals surface area contributed by atoms with Crippen LogP contribution < -0.4 is 11.1 Å².